The van der Waals surface area contributed by atoms with Crippen LogP contribution < -0.4 is 10.6 Å². The summed E-state index contributed by atoms with van der Waals surface area (Å²) < 4.78 is 0. The number of benzene rings is 2. The Morgan fingerprint density at radius 1 is 1.28 bits per heavy atom. The number of H-pyrrole nitrogens is 1. The number of carbonyl (C=O) groups excluding carboxylic acids is 1. The molecule has 0 aliphatic carbocycles. The van der Waals surface area contributed by atoms with E-state index in [1.807, 2.05) is 24.3 Å². The molecule has 0 spiro atoms. The summed E-state index contributed by atoms with van der Waals surface area (Å²) in [7, 11) is 2.08. The van der Waals surface area contributed by atoms with Crippen LogP contribution in [0.2, 0.25) is 0 Å². The van der Waals surface area contributed by atoms with Gasteiger partial charge in [-0.25, -0.2) is 9.78 Å². The minimum absolute atomic E-state index is 0. The Kier molecular flexibility index (Phi) is 6.37. The number of imidazole rings is 1. The number of nitrogens with zero attached hydrogens (tertiary/aromatic N) is 3. The van der Waals surface area contributed by atoms with Crippen LogP contribution in [-0.2, 0) is 0 Å². The lowest BCUT2D eigenvalue weighted by Gasteiger charge is -2.36. The van der Waals surface area contributed by atoms with Crippen molar-refractivity contribution in [3.8, 4) is 6.07 Å². The van der Waals surface area contributed by atoms with Crippen LogP contribution in [0.15, 0.2) is 48.5 Å². The van der Waals surface area contributed by atoms with Gasteiger partial charge in [0, 0.05) is 18.3 Å². The molecule has 1 aliphatic rings. The minimum atomic E-state index is -0.256. The van der Waals surface area contributed by atoms with Crippen molar-refractivity contribution in [1.82, 2.24) is 20.2 Å². The van der Waals surface area contributed by atoms with E-state index < -0.39 is 0 Å². The number of urea groups is 1. The first-order valence-corrected chi connectivity index (χ1v) is 9.35. The molecule has 1 fully saturated rings. The Bertz CT molecular complexity index is 1010. The molecule has 4 rings (SSSR count). The number of fused-ring (bicyclic) bond motifs is 1. The number of aromatic amines is 1. The number of hydrogen-bond donors (Lipinski definition) is 3. The van der Waals surface area contributed by atoms with E-state index in [4.69, 9.17) is 10.2 Å². The molecule has 0 saturated carbocycles. The third kappa shape index (κ3) is 4.67. The maximum Gasteiger partial charge on any atom is 0.319 e. The number of carbonyl (C=O) groups is 1. The zero-order chi connectivity index (χ0) is 19.5. The van der Waals surface area contributed by atoms with Crippen molar-refractivity contribution < 1.29 is 4.79 Å². The predicted molar refractivity (Wildman–Crippen MR) is 115 cm³/mol. The fraction of sp³-hybridized carbons (Fsp3) is 0.286. The molecule has 3 aromatic rings. The smallest absolute Gasteiger partial charge is 0.319 e. The van der Waals surface area contributed by atoms with E-state index in [0.29, 0.717) is 11.3 Å². The highest BCUT2D eigenvalue weighted by Gasteiger charge is 2.30. The van der Waals surface area contributed by atoms with Crippen molar-refractivity contribution in [3.63, 3.8) is 0 Å². The summed E-state index contributed by atoms with van der Waals surface area (Å²) in [5, 5.41) is 14.9. The van der Waals surface area contributed by atoms with Gasteiger partial charge in [0.25, 0.3) is 0 Å². The highest BCUT2D eigenvalue weighted by atomic mass is 35.5. The van der Waals surface area contributed by atoms with Gasteiger partial charge in [-0.1, -0.05) is 18.2 Å². The standard InChI is InChI=1S/C21H22N6O.ClH/c1-27-10-9-16(24-21(28)23-15-6-4-5-14(11-15)13-22)12-19(27)20-25-17-7-2-3-8-18(17)26-20;/h2-8,11,16,19H,9-10,12H2,1H3,(H,25,26)(H2,23,24,28);1H/t16-,19-;/m1./s1. The van der Waals surface area contributed by atoms with Gasteiger partial charge in [-0.05, 0) is 50.2 Å². The van der Waals surface area contributed by atoms with E-state index in [9.17, 15) is 4.79 Å². The minimum Gasteiger partial charge on any atom is -0.341 e. The molecule has 2 heterocycles. The molecule has 8 heteroatoms. The summed E-state index contributed by atoms with van der Waals surface area (Å²) in [5.41, 5.74) is 3.10. The topological polar surface area (TPSA) is 96.8 Å². The SMILES string of the molecule is CN1CC[C@@H](NC(=O)Nc2cccc(C#N)c2)C[C@@H]1c1nc2ccccc2[nH]1.Cl. The molecule has 0 radical (unpaired) electrons. The molecule has 0 unspecified atom stereocenters. The lowest BCUT2D eigenvalue weighted by Crippen LogP contribution is -2.46. The Morgan fingerprint density at radius 3 is 2.90 bits per heavy atom. The molecule has 150 valence electrons. The van der Waals surface area contributed by atoms with Crippen LogP contribution >= 0.6 is 12.4 Å². The lowest BCUT2D eigenvalue weighted by molar-refractivity contribution is 0.153. The van der Waals surface area contributed by atoms with E-state index >= 15 is 0 Å². The number of aromatic nitrogens is 2. The Hall–Kier alpha value is -3.08. The third-order valence-corrected chi connectivity index (χ3v) is 5.18. The third-order valence-electron chi connectivity index (χ3n) is 5.18. The molecule has 0 bridgehead atoms. The number of rotatable bonds is 3. The molecule has 3 N–H and O–H groups in total. The summed E-state index contributed by atoms with van der Waals surface area (Å²) in [6, 6.07) is 16.9. The van der Waals surface area contributed by atoms with Crippen LogP contribution in [0.4, 0.5) is 10.5 Å². The Balaban J connectivity index is 0.00000240. The number of hydrogen-bond acceptors (Lipinski definition) is 4. The number of nitrogens with one attached hydrogen (secondary N) is 3. The second kappa shape index (κ2) is 8.95. The highest BCUT2D eigenvalue weighted by molar-refractivity contribution is 5.89. The fourth-order valence-electron chi connectivity index (χ4n) is 3.68. The van der Waals surface area contributed by atoms with Gasteiger partial charge in [-0.2, -0.15) is 5.26 Å². The van der Waals surface area contributed by atoms with Gasteiger partial charge in [0.2, 0.25) is 0 Å². The second-order valence-electron chi connectivity index (χ2n) is 7.15. The number of anilines is 1. The molecule has 29 heavy (non-hydrogen) atoms. The second-order valence-corrected chi connectivity index (χ2v) is 7.15. The Morgan fingerprint density at radius 2 is 2.10 bits per heavy atom. The van der Waals surface area contributed by atoms with Crippen molar-refractivity contribution in [3.05, 3.63) is 59.9 Å². The van der Waals surface area contributed by atoms with Crippen molar-refractivity contribution in [2.24, 2.45) is 0 Å². The van der Waals surface area contributed by atoms with Gasteiger partial charge in [-0.3, -0.25) is 4.90 Å². The van der Waals surface area contributed by atoms with Crippen molar-refractivity contribution >= 4 is 35.2 Å². The largest absolute Gasteiger partial charge is 0.341 e. The van der Waals surface area contributed by atoms with E-state index in [2.05, 4.69) is 33.6 Å². The molecule has 1 aliphatic heterocycles. The molecule has 1 saturated heterocycles. The van der Waals surface area contributed by atoms with Crippen LogP contribution in [0.25, 0.3) is 11.0 Å². The van der Waals surface area contributed by atoms with E-state index in [-0.39, 0.29) is 30.5 Å². The summed E-state index contributed by atoms with van der Waals surface area (Å²) in [4.78, 5) is 22.8. The number of amides is 2. The van der Waals surface area contributed by atoms with Gasteiger partial charge < -0.3 is 15.6 Å². The summed E-state index contributed by atoms with van der Waals surface area (Å²) >= 11 is 0. The van der Waals surface area contributed by atoms with Gasteiger partial charge in [0.05, 0.1) is 28.7 Å². The first-order chi connectivity index (χ1) is 13.6. The normalized spacial score (nSPS) is 19.2. The number of nitriles is 1. The van der Waals surface area contributed by atoms with Crippen molar-refractivity contribution in [1.29, 1.82) is 5.26 Å². The van der Waals surface area contributed by atoms with Gasteiger partial charge >= 0.3 is 6.03 Å². The maximum atomic E-state index is 12.4. The van der Waals surface area contributed by atoms with Crippen LogP contribution in [0.1, 0.15) is 30.3 Å². The molecule has 2 aromatic carbocycles. The van der Waals surface area contributed by atoms with Crippen LogP contribution in [-0.4, -0.2) is 40.5 Å². The maximum absolute atomic E-state index is 12.4. The number of para-hydroxylation sites is 2. The average Bonchev–Trinajstić information content (AvgIpc) is 3.13. The zero-order valence-electron chi connectivity index (χ0n) is 16.1. The van der Waals surface area contributed by atoms with E-state index in [1.54, 1.807) is 24.3 Å². The first kappa shape index (κ1) is 20.6. The molecule has 1 aromatic heterocycles. The fourth-order valence-corrected chi connectivity index (χ4v) is 3.68. The monoisotopic (exact) mass is 410 g/mol. The predicted octanol–water partition coefficient (Wildman–Crippen LogP) is 3.81. The van der Waals surface area contributed by atoms with Crippen molar-refractivity contribution in [2.75, 3.05) is 18.9 Å². The van der Waals surface area contributed by atoms with Gasteiger partial charge in [0.15, 0.2) is 0 Å². The lowest BCUT2D eigenvalue weighted by atomic mass is 9.97. The number of halogens is 1. The van der Waals surface area contributed by atoms with Gasteiger partial charge in [-0.15, -0.1) is 12.4 Å². The first-order valence-electron chi connectivity index (χ1n) is 9.35. The summed E-state index contributed by atoms with van der Waals surface area (Å²) in [6.07, 6.45) is 1.65. The quantitative estimate of drug-likeness (QED) is 0.611. The van der Waals surface area contributed by atoms with Crippen LogP contribution in [0.5, 0.6) is 0 Å². The molecular weight excluding hydrogens is 388 g/mol. The van der Waals surface area contributed by atoms with E-state index in [1.165, 1.54) is 0 Å². The number of likely N-dealkylation sites (tertiary alicyclic amines) is 1. The van der Waals surface area contributed by atoms with Crippen molar-refractivity contribution in [2.45, 2.75) is 24.9 Å². The molecule has 2 atom stereocenters. The van der Waals surface area contributed by atoms with E-state index in [0.717, 1.165) is 36.2 Å². The number of piperidine rings is 1. The van der Waals surface area contributed by atoms with Crippen LogP contribution in [0, 0.1) is 11.3 Å². The molecule has 7 nitrogen and oxygen atoms in total. The molecule has 2 amide bonds. The van der Waals surface area contributed by atoms with Gasteiger partial charge in [0.1, 0.15) is 5.82 Å². The Labute approximate surface area is 175 Å². The summed E-state index contributed by atoms with van der Waals surface area (Å²) in [5.74, 6) is 0.928. The molecular formula is C21H23ClN6O. The summed E-state index contributed by atoms with van der Waals surface area (Å²) in [6.45, 7) is 0.872. The highest BCUT2D eigenvalue weighted by Crippen LogP contribution is 2.29. The van der Waals surface area contributed by atoms with Crippen LogP contribution in [0.3, 0.4) is 0 Å². The zero-order valence-corrected chi connectivity index (χ0v) is 16.9. The average molecular weight is 411 g/mol.